The van der Waals surface area contributed by atoms with E-state index in [9.17, 15) is 18.3 Å². The Balaban J connectivity index is 1.64. The number of carbonyl (C=O) groups is 1. The summed E-state index contributed by atoms with van der Waals surface area (Å²) in [6, 6.07) is 13.9. The summed E-state index contributed by atoms with van der Waals surface area (Å²) in [4.78, 5) is 12.1. The third-order valence-corrected chi connectivity index (χ3v) is 8.24. The lowest BCUT2D eigenvalue weighted by molar-refractivity contribution is -0.140. The van der Waals surface area contributed by atoms with E-state index in [1.54, 1.807) is 37.3 Å². The quantitative estimate of drug-likeness (QED) is 0.621. The number of thiophene rings is 1. The Morgan fingerprint density at radius 2 is 2.03 bits per heavy atom. The molecule has 1 unspecified atom stereocenters. The highest BCUT2D eigenvalue weighted by atomic mass is 32.2. The number of hydrogen-bond donors (Lipinski definition) is 2. The molecule has 2 N–H and O–H groups in total. The van der Waals surface area contributed by atoms with E-state index < -0.39 is 33.4 Å². The van der Waals surface area contributed by atoms with Crippen molar-refractivity contribution in [3.63, 3.8) is 0 Å². The van der Waals surface area contributed by atoms with Gasteiger partial charge in [0.15, 0.2) is 0 Å². The van der Waals surface area contributed by atoms with Crippen LogP contribution in [0.5, 0.6) is 0 Å². The van der Waals surface area contributed by atoms with Gasteiger partial charge in [-0.2, -0.15) is 15.1 Å². The van der Waals surface area contributed by atoms with E-state index in [0.717, 1.165) is 16.9 Å². The third kappa shape index (κ3) is 3.13. The lowest BCUT2D eigenvalue weighted by Gasteiger charge is -2.15. The average molecular weight is 428 g/mol. The van der Waals surface area contributed by atoms with Crippen molar-refractivity contribution in [2.75, 3.05) is 0 Å². The summed E-state index contributed by atoms with van der Waals surface area (Å²) in [7, 11) is -4.08. The number of carboxylic acid groups (broad SMARTS) is 1. The molecule has 2 heterocycles. The fourth-order valence-corrected chi connectivity index (χ4v) is 6.34. The molecular weight excluding hydrogens is 412 g/mol. The smallest absolute Gasteiger partial charge is 0.325 e. The molecule has 4 rings (SSSR count). The molecule has 1 aliphatic carbocycles. The van der Waals surface area contributed by atoms with Gasteiger partial charge in [0.2, 0.25) is 0 Å². The summed E-state index contributed by atoms with van der Waals surface area (Å²) < 4.78 is 29.8. The second-order valence-corrected chi connectivity index (χ2v) is 9.81. The Morgan fingerprint density at radius 3 is 2.66 bits per heavy atom. The number of sulfonamides is 1. The first-order valence-electron chi connectivity index (χ1n) is 8.67. The Hall–Kier alpha value is -3.00. The number of aromatic nitrogens is 2. The molecule has 8 nitrogen and oxygen atoms in total. The zero-order valence-electron chi connectivity index (χ0n) is 15.2. The van der Waals surface area contributed by atoms with Gasteiger partial charge in [0.25, 0.3) is 10.0 Å². The van der Waals surface area contributed by atoms with Gasteiger partial charge in [-0.25, -0.2) is 13.1 Å². The minimum atomic E-state index is -4.08. The van der Waals surface area contributed by atoms with Gasteiger partial charge in [0.05, 0.1) is 11.8 Å². The van der Waals surface area contributed by atoms with Crippen molar-refractivity contribution in [1.82, 2.24) is 14.5 Å². The molecule has 0 saturated heterocycles. The average Bonchev–Trinajstić information content (AvgIpc) is 3.13. The number of carboxylic acids is 1. The number of nitrogens with one attached hydrogen (secondary N) is 1. The van der Waals surface area contributed by atoms with Crippen LogP contribution in [0.15, 0.2) is 59.1 Å². The number of benzene rings is 1. The molecule has 29 heavy (non-hydrogen) atoms. The maximum Gasteiger partial charge on any atom is 0.325 e. The molecule has 2 aromatic heterocycles. The lowest BCUT2D eigenvalue weighted by atomic mass is 10.1. The fourth-order valence-electron chi connectivity index (χ4n) is 3.65. The Labute approximate surface area is 171 Å². The van der Waals surface area contributed by atoms with E-state index in [1.165, 1.54) is 23.1 Å². The molecule has 0 aliphatic heterocycles. The van der Waals surface area contributed by atoms with E-state index in [0.29, 0.717) is 10.6 Å². The van der Waals surface area contributed by atoms with Crippen LogP contribution in [0.1, 0.15) is 24.0 Å². The highest BCUT2D eigenvalue weighted by Crippen LogP contribution is 2.58. The zero-order chi connectivity index (χ0) is 20.8. The first-order chi connectivity index (χ1) is 13.8. The molecule has 0 spiro atoms. The van der Waals surface area contributed by atoms with E-state index in [-0.39, 0.29) is 4.21 Å². The van der Waals surface area contributed by atoms with Gasteiger partial charge in [-0.15, -0.1) is 11.3 Å². The van der Waals surface area contributed by atoms with Gasteiger partial charge in [-0.1, -0.05) is 37.3 Å². The lowest BCUT2D eigenvalue weighted by Crippen LogP contribution is -2.45. The van der Waals surface area contributed by atoms with Crippen molar-refractivity contribution in [2.45, 2.75) is 22.6 Å². The first kappa shape index (κ1) is 19.3. The first-order valence-corrected chi connectivity index (χ1v) is 11.0. The molecule has 0 amide bonds. The molecule has 0 bridgehead atoms. The summed E-state index contributed by atoms with van der Waals surface area (Å²) in [6.45, 7) is 1.72. The van der Waals surface area contributed by atoms with Crippen LogP contribution in [0.25, 0.3) is 5.00 Å². The molecular formula is C19H16N4O4S2. The van der Waals surface area contributed by atoms with Gasteiger partial charge in [-0.05, 0) is 23.6 Å². The van der Waals surface area contributed by atoms with Gasteiger partial charge in [0.1, 0.15) is 20.8 Å². The predicted octanol–water partition coefficient (Wildman–Crippen LogP) is 2.34. The Morgan fingerprint density at radius 1 is 1.31 bits per heavy atom. The van der Waals surface area contributed by atoms with Crippen molar-refractivity contribution >= 4 is 27.3 Å². The topological polar surface area (TPSA) is 125 Å². The largest absolute Gasteiger partial charge is 0.480 e. The van der Waals surface area contributed by atoms with Crippen LogP contribution in [0.3, 0.4) is 0 Å². The number of nitrogens with zero attached hydrogens (tertiary/aromatic N) is 3. The van der Waals surface area contributed by atoms with E-state index in [4.69, 9.17) is 5.26 Å². The van der Waals surface area contributed by atoms with E-state index in [2.05, 4.69) is 9.82 Å². The van der Waals surface area contributed by atoms with Crippen LogP contribution >= 0.6 is 11.3 Å². The molecule has 3 atom stereocenters. The fraction of sp³-hybridized carbons (Fsp3) is 0.211. The number of rotatable bonds is 6. The molecule has 0 radical (unpaired) electrons. The highest BCUT2D eigenvalue weighted by Gasteiger charge is 2.70. The maximum absolute atomic E-state index is 13.0. The van der Waals surface area contributed by atoms with Gasteiger partial charge in [-0.3, -0.25) is 4.79 Å². The van der Waals surface area contributed by atoms with E-state index in [1.807, 2.05) is 12.1 Å². The third-order valence-electron chi connectivity index (χ3n) is 5.19. The van der Waals surface area contributed by atoms with Crippen LogP contribution in [0.2, 0.25) is 0 Å². The van der Waals surface area contributed by atoms with Gasteiger partial charge in [0, 0.05) is 12.1 Å². The van der Waals surface area contributed by atoms with Crippen molar-refractivity contribution < 1.29 is 18.3 Å². The summed E-state index contributed by atoms with van der Waals surface area (Å²) in [5, 5.41) is 23.3. The molecule has 1 fully saturated rings. The Kier molecular flexibility index (Phi) is 4.53. The van der Waals surface area contributed by atoms with E-state index >= 15 is 0 Å². The summed E-state index contributed by atoms with van der Waals surface area (Å²) in [5.41, 5.74) is -0.467. The normalized spacial score (nSPS) is 23.4. The predicted molar refractivity (Wildman–Crippen MR) is 105 cm³/mol. The molecule has 1 aliphatic rings. The number of aliphatic carboxylic acids is 1. The Bertz CT molecular complexity index is 1230. The SMILES string of the molecule is CC1[C@H](c2ccccc2)[C@]1(NS(=O)(=O)c1ccc(-n2cc(C#N)cn2)s1)C(=O)O. The monoisotopic (exact) mass is 428 g/mol. The van der Waals surface area contributed by atoms with Crippen molar-refractivity contribution in [1.29, 1.82) is 5.26 Å². The van der Waals surface area contributed by atoms with Gasteiger partial charge < -0.3 is 5.11 Å². The number of nitriles is 1. The van der Waals surface area contributed by atoms with Crippen LogP contribution in [-0.4, -0.2) is 34.8 Å². The molecule has 1 aromatic carbocycles. The summed E-state index contributed by atoms with van der Waals surface area (Å²) >= 11 is 0.943. The number of hydrogen-bond acceptors (Lipinski definition) is 6. The summed E-state index contributed by atoms with van der Waals surface area (Å²) in [6.07, 6.45) is 2.87. The zero-order valence-corrected chi connectivity index (χ0v) is 16.8. The summed E-state index contributed by atoms with van der Waals surface area (Å²) in [5.74, 6) is -2.06. The van der Waals surface area contributed by atoms with Crippen molar-refractivity contribution in [2.24, 2.45) is 5.92 Å². The van der Waals surface area contributed by atoms with Crippen molar-refractivity contribution in [3.05, 3.63) is 66.0 Å². The standard InChI is InChI=1S/C19H16N4O4S2/c1-12-17(14-5-3-2-4-6-14)19(12,18(24)25)22-29(26,27)16-8-7-15(28-16)23-11-13(9-20)10-21-23/h2-8,10-12,17,22H,1H3,(H,24,25)/t12?,17-,19+/m1/s1. The van der Waals surface area contributed by atoms with Crippen LogP contribution in [-0.2, 0) is 14.8 Å². The molecule has 148 valence electrons. The van der Waals surface area contributed by atoms with Gasteiger partial charge >= 0.3 is 5.97 Å². The minimum absolute atomic E-state index is 0.0203. The van der Waals surface area contributed by atoms with Crippen LogP contribution in [0.4, 0.5) is 0 Å². The second kappa shape index (κ2) is 6.81. The maximum atomic E-state index is 13.0. The van der Waals surface area contributed by atoms with Crippen molar-refractivity contribution in [3.8, 4) is 11.1 Å². The molecule has 3 aromatic rings. The molecule has 1 saturated carbocycles. The highest BCUT2D eigenvalue weighted by molar-refractivity contribution is 7.91. The van der Waals surface area contributed by atoms with Crippen LogP contribution in [0, 0.1) is 17.2 Å². The second-order valence-electron chi connectivity index (χ2n) is 6.83. The van der Waals surface area contributed by atoms with Crippen LogP contribution < -0.4 is 4.72 Å². The molecule has 10 heteroatoms. The minimum Gasteiger partial charge on any atom is -0.480 e.